The largest absolute Gasteiger partial charge is 0.326 e. The Bertz CT molecular complexity index is 1000. The van der Waals surface area contributed by atoms with E-state index >= 15 is 0 Å². The number of hydrogen-bond donors (Lipinski definition) is 3. The molecule has 0 aliphatic carbocycles. The molecule has 3 aromatic carbocycles. The molecule has 3 aromatic rings. The summed E-state index contributed by atoms with van der Waals surface area (Å²) in [4.78, 5) is 12.4. The summed E-state index contributed by atoms with van der Waals surface area (Å²) in [5.41, 5.74) is 8.59. The Morgan fingerprint density at radius 2 is 1.66 bits per heavy atom. The van der Waals surface area contributed by atoms with Crippen LogP contribution in [-0.4, -0.2) is 11.1 Å². The minimum atomic E-state index is -0.0305. The van der Waals surface area contributed by atoms with Crippen molar-refractivity contribution >= 4 is 23.0 Å². The summed E-state index contributed by atoms with van der Waals surface area (Å²) < 4.78 is 0. The maximum absolute atomic E-state index is 12.4. The lowest BCUT2D eigenvalue weighted by Gasteiger charge is -2.19. The van der Waals surface area contributed by atoms with Crippen molar-refractivity contribution in [2.24, 2.45) is 0 Å². The molecule has 1 amide bonds. The second-order valence-electron chi connectivity index (χ2n) is 7.08. The molecule has 3 N–H and O–H groups in total. The molecule has 1 heterocycles. The van der Waals surface area contributed by atoms with Crippen LogP contribution in [0.1, 0.15) is 23.6 Å². The van der Waals surface area contributed by atoms with E-state index in [-0.39, 0.29) is 5.91 Å². The van der Waals surface area contributed by atoms with Crippen LogP contribution in [0.15, 0.2) is 72.8 Å². The smallest absolute Gasteiger partial charge is 0.228 e. The first-order chi connectivity index (χ1) is 14.1. The van der Waals surface area contributed by atoms with Crippen LogP contribution in [-0.2, 0) is 24.2 Å². The van der Waals surface area contributed by atoms with E-state index in [1.807, 2.05) is 71.7 Å². The molecule has 6 nitrogen and oxygen atoms in total. The molecule has 29 heavy (non-hydrogen) atoms. The zero-order valence-corrected chi connectivity index (χ0v) is 16.3. The van der Waals surface area contributed by atoms with Crippen LogP contribution in [0, 0.1) is 0 Å². The van der Waals surface area contributed by atoms with Gasteiger partial charge in [-0.2, -0.15) is 5.17 Å². The fraction of sp³-hybridized carbons (Fsp3) is 0.174. The van der Waals surface area contributed by atoms with Crippen molar-refractivity contribution in [3.63, 3.8) is 0 Å². The van der Waals surface area contributed by atoms with E-state index in [0.717, 1.165) is 34.1 Å². The van der Waals surface area contributed by atoms with Gasteiger partial charge in [0.05, 0.1) is 18.7 Å². The molecule has 0 bridgehead atoms. The minimum Gasteiger partial charge on any atom is -0.326 e. The van der Waals surface area contributed by atoms with Gasteiger partial charge in [-0.1, -0.05) is 55.5 Å². The highest BCUT2D eigenvalue weighted by Crippen LogP contribution is 2.32. The Balaban J connectivity index is 1.36. The van der Waals surface area contributed by atoms with Crippen LogP contribution >= 0.6 is 0 Å². The van der Waals surface area contributed by atoms with Crippen LogP contribution in [0.5, 0.6) is 0 Å². The number of fused-ring (bicyclic) bond motifs is 1. The molecule has 148 valence electrons. The maximum atomic E-state index is 12.4. The number of carbonyl (C=O) groups is 1. The third kappa shape index (κ3) is 4.39. The van der Waals surface area contributed by atoms with E-state index in [9.17, 15) is 10.0 Å². The van der Waals surface area contributed by atoms with Gasteiger partial charge in [0.1, 0.15) is 5.69 Å². The van der Waals surface area contributed by atoms with Gasteiger partial charge < -0.3 is 5.32 Å². The third-order valence-corrected chi connectivity index (χ3v) is 4.96. The molecular formula is C23H24N4O2. The zero-order chi connectivity index (χ0) is 20.2. The summed E-state index contributed by atoms with van der Waals surface area (Å²) in [6.07, 6.45) is 1.27. The number of benzene rings is 3. The van der Waals surface area contributed by atoms with E-state index < -0.39 is 0 Å². The van der Waals surface area contributed by atoms with Gasteiger partial charge >= 0.3 is 0 Å². The van der Waals surface area contributed by atoms with Crippen LogP contribution in [0.4, 0.5) is 17.1 Å². The Morgan fingerprint density at radius 1 is 0.931 bits per heavy atom. The lowest BCUT2D eigenvalue weighted by atomic mass is 10.1. The second kappa shape index (κ2) is 8.34. The molecule has 0 fully saturated rings. The molecule has 0 radical (unpaired) electrons. The normalized spacial score (nSPS) is 12.8. The summed E-state index contributed by atoms with van der Waals surface area (Å²) in [5.74, 6) is -0.0305. The van der Waals surface area contributed by atoms with Crippen molar-refractivity contribution in [2.75, 3.05) is 15.5 Å². The number of nitrogens with zero attached hydrogens (tertiary/aromatic N) is 2. The van der Waals surface area contributed by atoms with Crippen molar-refractivity contribution < 1.29 is 10.0 Å². The Labute approximate surface area is 170 Å². The molecular weight excluding hydrogens is 364 g/mol. The molecule has 0 saturated heterocycles. The van der Waals surface area contributed by atoms with Crippen molar-refractivity contribution in [3.05, 3.63) is 89.5 Å². The summed E-state index contributed by atoms with van der Waals surface area (Å²) in [7, 11) is 0. The van der Waals surface area contributed by atoms with Crippen molar-refractivity contribution in [2.45, 2.75) is 26.3 Å². The van der Waals surface area contributed by atoms with E-state index in [1.165, 1.54) is 5.56 Å². The highest BCUT2D eigenvalue weighted by molar-refractivity contribution is 5.92. The van der Waals surface area contributed by atoms with Crippen LogP contribution in [0.3, 0.4) is 0 Å². The Hall–Kier alpha value is -3.35. The zero-order valence-electron chi connectivity index (χ0n) is 16.3. The summed E-state index contributed by atoms with van der Waals surface area (Å²) in [6, 6.07) is 23.5. The van der Waals surface area contributed by atoms with Gasteiger partial charge in [-0.25, -0.2) is 0 Å². The molecule has 6 heteroatoms. The SMILES string of the molecule is CCc1cccc(NC(=O)Cc2ccc(CN3NN(O)c4ccccc43)cc2)c1. The fourth-order valence-corrected chi connectivity index (χ4v) is 3.42. The first kappa shape index (κ1) is 19.0. The first-order valence-electron chi connectivity index (χ1n) is 9.71. The van der Waals surface area contributed by atoms with Gasteiger partial charge in [-0.3, -0.25) is 15.0 Å². The van der Waals surface area contributed by atoms with Crippen LogP contribution < -0.4 is 21.0 Å². The van der Waals surface area contributed by atoms with Crippen molar-refractivity contribution in [1.82, 2.24) is 5.53 Å². The number of para-hydroxylation sites is 2. The average Bonchev–Trinajstić information content (AvgIpc) is 3.05. The van der Waals surface area contributed by atoms with E-state index in [1.54, 1.807) is 0 Å². The Kier molecular flexibility index (Phi) is 5.46. The minimum absolute atomic E-state index is 0.0305. The number of nitrogens with one attached hydrogen (secondary N) is 2. The van der Waals surface area contributed by atoms with Gasteiger partial charge in [0.25, 0.3) is 0 Å². The number of carbonyl (C=O) groups excluding carboxylic acids is 1. The van der Waals surface area contributed by atoms with Gasteiger partial charge in [0.2, 0.25) is 5.91 Å². The van der Waals surface area contributed by atoms with Crippen LogP contribution in [0.2, 0.25) is 0 Å². The highest BCUT2D eigenvalue weighted by atomic mass is 16.6. The Morgan fingerprint density at radius 3 is 2.41 bits per heavy atom. The topological polar surface area (TPSA) is 67.8 Å². The van der Waals surface area contributed by atoms with E-state index in [2.05, 4.69) is 23.8 Å². The average molecular weight is 388 g/mol. The molecule has 0 spiro atoms. The lowest BCUT2D eigenvalue weighted by Crippen LogP contribution is -2.42. The molecule has 4 rings (SSSR count). The molecule has 0 unspecified atom stereocenters. The fourth-order valence-electron chi connectivity index (χ4n) is 3.42. The number of aryl methyl sites for hydroxylation is 1. The maximum Gasteiger partial charge on any atom is 0.228 e. The third-order valence-electron chi connectivity index (χ3n) is 4.96. The van der Waals surface area contributed by atoms with Crippen molar-refractivity contribution in [1.29, 1.82) is 0 Å². The van der Waals surface area contributed by atoms with Gasteiger partial charge in [0, 0.05) is 5.69 Å². The molecule has 0 atom stereocenters. The number of hydrazine groups is 2. The number of rotatable bonds is 6. The standard InChI is InChI=1S/C23H24N4O2/c1-2-17-6-5-7-20(14-17)24-23(28)15-18-10-12-19(13-11-18)16-26-21-8-3-4-9-22(21)27(29)25-26/h3-14,25,29H,2,15-16H2,1H3,(H,24,28). The van der Waals surface area contributed by atoms with Gasteiger partial charge in [0.15, 0.2) is 0 Å². The van der Waals surface area contributed by atoms with Crippen LogP contribution in [0.25, 0.3) is 0 Å². The molecule has 0 aromatic heterocycles. The molecule has 0 saturated carbocycles. The summed E-state index contributed by atoms with van der Waals surface area (Å²) in [5, 5.41) is 15.8. The monoisotopic (exact) mass is 388 g/mol. The highest BCUT2D eigenvalue weighted by Gasteiger charge is 2.23. The molecule has 1 aliphatic rings. The van der Waals surface area contributed by atoms with Gasteiger partial charge in [-0.15, -0.1) is 5.53 Å². The van der Waals surface area contributed by atoms with E-state index in [0.29, 0.717) is 18.7 Å². The first-order valence-corrected chi connectivity index (χ1v) is 9.71. The predicted octanol–water partition coefficient (Wildman–Crippen LogP) is 4.07. The number of amides is 1. The van der Waals surface area contributed by atoms with Crippen molar-refractivity contribution in [3.8, 4) is 0 Å². The number of hydrogen-bond acceptors (Lipinski definition) is 5. The van der Waals surface area contributed by atoms with E-state index in [4.69, 9.17) is 0 Å². The molecule has 1 aliphatic heterocycles. The number of anilines is 3. The predicted molar refractivity (Wildman–Crippen MR) is 115 cm³/mol. The lowest BCUT2D eigenvalue weighted by molar-refractivity contribution is -0.115. The quantitative estimate of drug-likeness (QED) is 0.594. The van der Waals surface area contributed by atoms with Gasteiger partial charge in [-0.05, 0) is 47.4 Å². The summed E-state index contributed by atoms with van der Waals surface area (Å²) >= 11 is 0. The summed E-state index contributed by atoms with van der Waals surface area (Å²) in [6.45, 7) is 2.68. The second-order valence-corrected chi connectivity index (χ2v) is 7.08.